The maximum Gasteiger partial charge on any atom is 0.0544 e. The van der Waals surface area contributed by atoms with Crippen LogP contribution in [0, 0.1) is 5.92 Å². The molecule has 2 heterocycles. The van der Waals surface area contributed by atoms with Crippen molar-refractivity contribution < 1.29 is 0 Å². The zero-order valence-corrected chi connectivity index (χ0v) is 13.1. The Hall–Kier alpha value is -0.160. The first kappa shape index (κ1) is 15.9. The number of nitrogens with zero attached hydrogens (tertiary/aromatic N) is 2. The van der Waals surface area contributed by atoms with Gasteiger partial charge in [0.15, 0.2) is 0 Å². The molecule has 1 aromatic rings. The summed E-state index contributed by atoms with van der Waals surface area (Å²) in [5, 5.41) is 0. The molecule has 102 valence electrons. The van der Waals surface area contributed by atoms with E-state index in [-0.39, 0.29) is 12.4 Å². The third-order valence-corrected chi connectivity index (χ3v) is 4.09. The zero-order chi connectivity index (χ0) is 12.3. The van der Waals surface area contributed by atoms with Crippen molar-refractivity contribution in [1.82, 2.24) is 9.88 Å². The number of pyridine rings is 1. The molecule has 1 aliphatic rings. The number of aromatic nitrogens is 1. The molecule has 1 saturated heterocycles. The van der Waals surface area contributed by atoms with Crippen LogP contribution < -0.4 is 5.73 Å². The molecule has 18 heavy (non-hydrogen) atoms. The zero-order valence-electron chi connectivity index (χ0n) is 10.7. The van der Waals surface area contributed by atoms with Gasteiger partial charge in [0.05, 0.1) is 5.69 Å². The molecule has 1 aliphatic heterocycles. The highest BCUT2D eigenvalue weighted by atomic mass is 79.9. The van der Waals surface area contributed by atoms with E-state index >= 15 is 0 Å². The molecule has 1 fully saturated rings. The van der Waals surface area contributed by atoms with Crippen LogP contribution in [0.1, 0.15) is 25.5 Å². The van der Waals surface area contributed by atoms with Gasteiger partial charge in [-0.25, -0.2) is 0 Å². The number of hydrogen-bond acceptors (Lipinski definition) is 3. The molecule has 2 N–H and O–H groups in total. The number of halogens is 2. The summed E-state index contributed by atoms with van der Waals surface area (Å²) < 4.78 is 1.03. The van der Waals surface area contributed by atoms with Crippen molar-refractivity contribution in [1.29, 1.82) is 0 Å². The second-order valence-electron chi connectivity index (χ2n) is 4.86. The smallest absolute Gasteiger partial charge is 0.0544 e. The summed E-state index contributed by atoms with van der Waals surface area (Å²) in [5.41, 5.74) is 7.02. The second kappa shape index (κ2) is 7.43. The van der Waals surface area contributed by atoms with Crippen LogP contribution in [0.15, 0.2) is 22.8 Å². The highest BCUT2D eigenvalue weighted by Gasteiger charge is 2.27. The highest BCUT2D eigenvalue weighted by Crippen LogP contribution is 2.24. The number of hydrogen-bond donors (Lipinski definition) is 1. The van der Waals surface area contributed by atoms with Crippen molar-refractivity contribution >= 4 is 28.3 Å². The van der Waals surface area contributed by atoms with Gasteiger partial charge in [0, 0.05) is 29.8 Å². The summed E-state index contributed by atoms with van der Waals surface area (Å²) in [6, 6.07) is 4.64. The molecule has 0 radical (unpaired) electrons. The largest absolute Gasteiger partial charge is 0.329 e. The van der Waals surface area contributed by atoms with Crippen molar-refractivity contribution in [3.8, 4) is 0 Å². The van der Waals surface area contributed by atoms with E-state index in [2.05, 4.69) is 38.8 Å². The first-order valence-corrected chi connectivity index (χ1v) is 7.04. The predicted molar refractivity (Wildman–Crippen MR) is 80.8 cm³/mol. The molecule has 2 rings (SSSR count). The lowest BCUT2D eigenvalue weighted by molar-refractivity contribution is 0.0978. The van der Waals surface area contributed by atoms with Crippen LogP contribution in [0.3, 0.4) is 0 Å². The lowest BCUT2D eigenvalue weighted by atomic mass is 9.90. The highest BCUT2D eigenvalue weighted by molar-refractivity contribution is 9.10. The number of piperidine rings is 1. The Morgan fingerprint density at radius 2 is 2.28 bits per heavy atom. The summed E-state index contributed by atoms with van der Waals surface area (Å²) in [4.78, 5) is 6.91. The molecule has 3 nitrogen and oxygen atoms in total. The monoisotopic (exact) mass is 333 g/mol. The van der Waals surface area contributed by atoms with Crippen molar-refractivity contribution in [2.75, 3.05) is 13.1 Å². The molecule has 0 spiro atoms. The molecule has 0 saturated carbocycles. The molecular weight excluding hydrogens is 314 g/mol. The van der Waals surface area contributed by atoms with Gasteiger partial charge in [-0.2, -0.15) is 0 Å². The molecule has 2 atom stereocenters. The lowest BCUT2D eigenvalue weighted by Gasteiger charge is -2.39. The quantitative estimate of drug-likeness (QED) is 0.924. The fraction of sp³-hybridized carbons (Fsp3) is 0.615. The lowest BCUT2D eigenvalue weighted by Crippen LogP contribution is -2.48. The molecule has 0 amide bonds. The Morgan fingerprint density at radius 1 is 1.50 bits per heavy atom. The molecule has 0 bridgehead atoms. The Kier molecular flexibility index (Phi) is 6.57. The minimum absolute atomic E-state index is 0. The van der Waals surface area contributed by atoms with Crippen LogP contribution >= 0.6 is 28.3 Å². The fourth-order valence-corrected chi connectivity index (χ4v) is 2.85. The molecule has 0 aliphatic carbocycles. The van der Waals surface area contributed by atoms with Gasteiger partial charge >= 0.3 is 0 Å². The Labute approximate surface area is 124 Å². The third-order valence-electron chi connectivity index (χ3n) is 3.63. The first-order chi connectivity index (χ1) is 8.20. The number of rotatable bonds is 3. The van der Waals surface area contributed by atoms with E-state index in [1.54, 1.807) is 0 Å². The molecule has 0 aromatic carbocycles. The van der Waals surface area contributed by atoms with Crippen LogP contribution in [-0.2, 0) is 6.54 Å². The minimum atomic E-state index is 0. The Bertz CT molecular complexity index is 358. The average molecular weight is 335 g/mol. The summed E-state index contributed by atoms with van der Waals surface area (Å²) >= 11 is 3.41. The predicted octanol–water partition coefficient (Wildman–Crippen LogP) is 2.83. The van der Waals surface area contributed by atoms with Gasteiger partial charge < -0.3 is 5.73 Å². The van der Waals surface area contributed by atoms with E-state index in [1.807, 2.05) is 12.3 Å². The summed E-state index contributed by atoms with van der Waals surface area (Å²) in [5.74, 6) is 0.698. The van der Waals surface area contributed by atoms with Gasteiger partial charge in [-0.1, -0.05) is 6.92 Å². The van der Waals surface area contributed by atoms with Gasteiger partial charge in [-0.15, -0.1) is 12.4 Å². The first-order valence-electron chi connectivity index (χ1n) is 6.25. The van der Waals surface area contributed by atoms with Crippen LogP contribution in [-0.4, -0.2) is 29.0 Å². The van der Waals surface area contributed by atoms with Gasteiger partial charge in [0.2, 0.25) is 0 Å². The molecule has 2 unspecified atom stereocenters. The topological polar surface area (TPSA) is 42.2 Å². The fourth-order valence-electron chi connectivity index (χ4n) is 2.62. The van der Waals surface area contributed by atoms with Crippen molar-refractivity contribution in [3.05, 3.63) is 28.5 Å². The minimum Gasteiger partial charge on any atom is -0.329 e. The third kappa shape index (κ3) is 3.92. The molecule has 1 aromatic heterocycles. The standard InChI is InChI=1S/C13H20BrN3.ClH/c1-10-3-2-6-17(13(10)7-15)9-12-5-4-11(14)8-16-12;/h4-5,8,10,13H,2-3,6-7,9,15H2,1H3;1H. The molecule has 5 heteroatoms. The van der Waals surface area contributed by atoms with Crippen molar-refractivity contribution in [3.63, 3.8) is 0 Å². The van der Waals surface area contributed by atoms with Crippen LogP contribution in [0.5, 0.6) is 0 Å². The van der Waals surface area contributed by atoms with Gasteiger partial charge in [0.1, 0.15) is 0 Å². The van der Waals surface area contributed by atoms with E-state index < -0.39 is 0 Å². The van der Waals surface area contributed by atoms with Gasteiger partial charge in [-0.3, -0.25) is 9.88 Å². The summed E-state index contributed by atoms with van der Waals surface area (Å²) in [7, 11) is 0. The molecular formula is C13H21BrClN3. The summed E-state index contributed by atoms with van der Waals surface area (Å²) in [6.45, 7) is 5.11. The van der Waals surface area contributed by atoms with E-state index in [4.69, 9.17) is 5.73 Å². The summed E-state index contributed by atoms with van der Waals surface area (Å²) in [6.07, 6.45) is 4.43. The van der Waals surface area contributed by atoms with Crippen molar-refractivity contribution in [2.24, 2.45) is 11.7 Å². The number of nitrogens with two attached hydrogens (primary N) is 1. The van der Waals surface area contributed by atoms with E-state index in [0.717, 1.165) is 29.8 Å². The Balaban J connectivity index is 0.00000162. The van der Waals surface area contributed by atoms with E-state index in [9.17, 15) is 0 Å². The van der Waals surface area contributed by atoms with Crippen LogP contribution in [0.4, 0.5) is 0 Å². The normalized spacial score (nSPS) is 24.6. The van der Waals surface area contributed by atoms with Crippen LogP contribution in [0.25, 0.3) is 0 Å². The number of likely N-dealkylation sites (tertiary alicyclic amines) is 1. The van der Waals surface area contributed by atoms with Gasteiger partial charge in [0.25, 0.3) is 0 Å². The van der Waals surface area contributed by atoms with Crippen LogP contribution in [0.2, 0.25) is 0 Å². The average Bonchev–Trinajstić information content (AvgIpc) is 2.32. The van der Waals surface area contributed by atoms with E-state index in [1.165, 1.54) is 12.8 Å². The van der Waals surface area contributed by atoms with Gasteiger partial charge in [-0.05, 0) is 53.4 Å². The Morgan fingerprint density at radius 3 is 2.89 bits per heavy atom. The second-order valence-corrected chi connectivity index (χ2v) is 5.78. The van der Waals surface area contributed by atoms with E-state index in [0.29, 0.717) is 12.0 Å². The SMILES string of the molecule is CC1CCCN(Cc2ccc(Br)cn2)C1CN.Cl. The van der Waals surface area contributed by atoms with Crippen molar-refractivity contribution in [2.45, 2.75) is 32.4 Å². The maximum atomic E-state index is 5.89. The maximum absolute atomic E-state index is 5.89.